The standard InChI is InChI=1S/C15H15BrFNO/c16-14-11(5-4-8-13(14)17)9-15(19,10-18)12-6-2-1-3-7-12/h1-8,19H,9-10,18H2. The number of nitrogens with two attached hydrogens (primary N) is 1. The normalized spacial score (nSPS) is 14.1. The van der Waals surface area contributed by atoms with E-state index in [1.54, 1.807) is 12.1 Å². The van der Waals surface area contributed by atoms with Gasteiger partial charge in [0.05, 0.1) is 4.47 Å². The molecule has 1 unspecified atom stereocenters. The van der Waals surface area contributed by atoms with Gasteiger partial charge in [-0.3, -0.25) is 0 Å². The molecule has 4 heteroatoms. The van der Waals surface area contributed by atoms with Crippen LogP contribution in [0.15, 0.2) is 53.0 Å². The Morgan fingerprint density at radius 1 is 1.11 bits per heavy atom. The van der Waals surface area contributed by atoms with Gasteiger partial charge in [0.2, 0.25) is 0 Å². The molecule has 100 valence electrons. The van der Waals surface area contributed by atoms with Gasteiger partial charge in [0.15, 0.2) is 0 Å². The van der Waals surface area contributed by atoms with Crippen LogP contribution in [-0.4, -0.2) is 11.7 Å². The molecule has 0 aliphatic carbocycles. The van der Waals surface area contributed by atoms with Crippen LogP contribution in [0.25, 0.3) is 0 Å². The molecule has 0 spiro atoms. The fourth-order valence-corrected chi connectivity index (χ4v) is 2.45. The van der Waals surface area contributed by atoms with Crippen LogP contribution < -0.4 is 5.73 Å². The van der Waals surface area contributed by atoms with Crippen molar-refractivity contribution in [2.45, 2.75) is 12.0 Å². The van der Waals surface area contributed by atoms with Crippen molar-refractivity contribution in [3.63, 3.8) is 0 Å². The Morgan fingerprint density at radius 3 is 2.42 bits per heavy atom. The maximum absolute atomic E-state index is 13.5. The van der Waals surface area contributed by atoms with Crippen molar-refractivity contribution >= 4 is 15.9 Å². The van der Waals surface area contributed by atoms with Crippen LogP contribution in [0.5, 0.6) is 0 Å². The molecular formula is C15H15BrFNO. The van der Waals surface area contributed by atoms with Crippen molar-refractivity contribution in [3.8, 4) is 0 Å². The van der Waals surface area contributed by atoms with E-state index in [0.717, 1.165) is 5.56 Å². The first-order valence-corrected chi connectivity index (χ1v) is 6.77. The van der Waals surface area contributed by atoms with Crippen molar-refractivity contribution in [1.82, 2.24) is 0 Å². The SMILES string of the molecule is NCC(O)(Cc1cccc(F)c1Br)c1ccccc1. The summed E-state index contributed by atoms with van der Waals surface area (Å²) in [6, 6.07) is 14.0. The lowest BCUT2D eigenvalue weighted by molar-refractivity contribution is 0.0460. The fourth-order valence-electron chi connectivity index (χ4n) is 2.04. The summed E-state index contributed by atoms with van der Waals surface area (Å²) in [5, 5.41) is 10.7. The Hall–Kier alpha value is -1.23. The average molecular weight is 324 g/mol. The third-order valence-electron chi connectivity index (χ3n) is 3.16. The summed E-state index contributed by atoms with van der Waals surface area (Å²) in [5.41, 5.74) is 5.94. The minimum absolute atomic E-state index is 0.0694. The number of hydrogen-bond acceptors (Lipinski definition) is 2. The van der Waals surface area contributed by atoms with E-state index in [2.05, 4.69) is 15.9 Å². The van der Waals surface area contributed by atoms with Gasteiger partial charge in [-0.05, 0) is 33.1 Å². The second-order valence-electron chi connectivity index (χ2n) is 4.49. The number of aliphatic hydroxyl groups is 1. The minimum atomic E-state index is -1.20. The third kappa shape index (κ3) is 3.03. The van der Waals surface area contributed by atoms with Gasteiger partial charge < -0.3 is 10.8 Å². The molecule has 1 atom stereocenters. The fraction of sp³-hybridized carbons (Fsp3) is 0.200. The molecule has 0 saturated carbocycles. The van der Waals surface area contributed by atoms with Gasteiger partial charge in [-0.25, -0.2) is 4.39 Å². The highest BCUT2D eigenvalue weighted by Crippen LogP contribution is 2.29. The number of rotatable bonds is 4. The Kier molecular flexibility index (Phi) is 4.34. The summed E-state index contributed by atoms with van der Waals surface area (Å²) in [4.78, 5) is 0. The van der Waals surface area contributed by atoms with E-state index < -0.39 is 5.60 Å². The largest absolute Gasteiger partial charge is 0.383 e. The molecule has 0 saturated heterocycles. The molecule has 0 aromatic heterocycles. The molecule has 19 heavy (non-hydrogen) atoms. The molecule has 2 nitrogen and oxygen atoms in total. The molecule has 2 rings (SSSR count). The van der Waals surface area contributed by atoms with Crippen LogP contribution in [0, 0.1) is 5.82 Å². The van der Waals surface area contributed by atoms with Crippen molar-refractivity contribution in [2.24, 2.45) is 5.73 Å². The molecule has 0 fully saturated rings. The van der Waals surface area contributed by atoms with Gasteiger partial charge in [-0.1, -0.05) is 42.5 Å². The van der Waals surface area contributed by atoms with Crippen LogP contribution in [-0.2, 0) is 12.0 Å². The van der Waals surface area contributed by atoms with Crippen LogP contribution in [0.1, 0.15) is 11.1 Å². The van der Waals surface area contributed by atoms with E-state index in [-0.39, 0.29) is 18.8 Å². The molecular weight excluding hydrogens is 309 g/mol. The van der Waals surface area contributed by atoms with E-state index in [9.17, 15) is 9.50 Å². The van der Waals surface area contributed by atoms with E-state index in [4.69, 9.17) is 5.73 Å². The zero-order chi connectivity index (χ0) is 13.9. The molecule has 0 heterocycles. The lowest BCUT2D eigenvalue weighted by atomic mass is 9.87. The highest BCUT2D eigenvalue weighted by molar-refractivity contribution is 9.10. The summed E-state index contributed by atoms with van der Waals surface area (Å²) in [7, 11) is 0. The number of hydrogen-bond donors (Lipinski definition) is 2. The maximum atomic E-state index is 13.5. The molecule has 3 N–H and O–H groups in total. The monoisotopic (exact) mass is 323 g/mol. The Labute approximate surface area is 120 Å². The van der Waals surface area contributed by atoms with Crippen LogP contribution in [0.3, 0.4) is 0 Å². The van der Waals surface area contributed by atoms with E-state index in [0.29, 0.717) is 10.0 Å². The summed E-state index contributed by atoms with van der Waals surface area (Å²) >= 11 is 3.21. The third-order valence-corrected chi connectivity index (χ3v) is 4.05. The highest BCUT2D eigenvalue weighted by Gasteiger charge is 2.28. The highest BCUT2D eigenvalue weighted by atomic mass is 79.9. The smallest absolute Gasteiger partial charge is 0.137 e. The van der Waals surface area contributed by atoms with Crippen LogP contribution in [0.2, 0.25) is 0 Å². The lowest BCUT2D eigenvalue weighted by Gasteiger charge is -2.27. The first kappa shape index (κ1) is 14.2. The molecule has 2 aromatic rings. The van der Waals surface area contributed by atoms with Crippen LogP contribution in [0.4, 0.5) is 4.39 Å². The predicted molar refractivity (Wildman–Crippen MR) is 77.2 cm³/mol. The van der Waals surface area contributed by atoms with Crippen molar-refractivity contribution in [2.75, 3.05) is 6.54 Å². The summed E-state index contributed by atoms with van der Waals surface area (Å²) in [6.07, 6.45) is 0.256. The predicted octanol–water partition coefficient (Wildman–Crippen LogP) is 2.98. The average Bonchev–Trinajstić information content (AvgIpc) is 2.45. The van der Waals surface area contributed by atoms with Crippen molar-refractivity contribution < 1.29 is 9.50 Å². The first-order valence-electron chi connectivity index (χ1n) is 5.98. The zero-order valence-corrected chi connectivity index (χ0v) is 11.9. The zero-order valence-electron chi connectivity index (χ0n) is 10.3. The van der Waals surface area contributed by atoms with Gasteiger partial charge in [0.1, 0.15) is 11.4 Å². The first-order chi connectivity index (χ1) is 9.07. The molecule has 0 amide bonds. The lowest BCUT2D eigenvalue weighted by Crippen LogP contribution is -2.37. The number of benzene rings is 2. The Balaban J connectivity index is 2.36. The molecule has 0 radical (unpaired) electrons. The number of halogens is 2. The van der Waals surface area contributed by atoms with Gasteiger partial charge in [-0.15, -0.1) is 0 Å². The second kappa shape index (κ2) is 5.82. The van der Waals surface area contributed by atoms with Crippen molar-refractivity contribution in [3.05, 3.63) is 69.9 Å². The molecule has 0 bridgehead atoms. The molecule has 2 aromatic carbocycles. The van der Waals surface area contributed by atoms with Gasteiger partial charge in [0.25, 0.3) is 0 Å². The van der Waals surface area contributed by atoms with Gasteiger partial charge >= 0.3 is 0 Å². The summed E-state index contributed by atoms with van der Waals surface area (Å²) in [5.74, 6) is -0.343. The van der Waals surface area contributed by atoms with E-state index in [1.807, 2.05) is 30.3 Å². The Bertz CT molecular complexity index is 561. The summed E-state index contributed by atoms with van der Waals surface area (Å²) < 4.78 is 13.9. The minimum Gasteiger partial charge on any atom is -0.383 e. The maximum Gasteiger partial charge on any atom is 0.137 e. The molecule has 0 aliphatic rings. The molecule has 0 aliphatic heterocycles. The van der Waals surface area contributed by atoms with Crippen molar-refractivity contribution in [1.29, 1.82) is 0 Å². The second-order valence-corrected chi connectivity index (χ2v) is 5.28. The Morgan fingerprint density at radius 2 is 1.79 bits per heavy atom. The topological polar surface area (TPSA) is 46.2 Å². The van der Waals surface area contributed by atoms with Gasteiger partial charge in [-0.2, -0.15) is 0 Å². The van der Waals surface area contributed by atoms with Gasteiger partial charge in [0, 0.05) is 13.0 Å². The van der Waals surface area contributed by atoms with E-state index in [1.165, 1.54) is 6.07 Å². The quantitative estimate of drug-likeness (QED) is 0.908. The van der Waals surface area contributed by atoms with E-state index >= 15 is 0 Å². The summed E-state index contributed by atoms with van der Waals surface area (Å²) in [6.45, 7) is 0.0694. The van der Waals surface area contributed by atoms with Crippen LogP contribution >= 0.6 is 15.9 Å².